The standard InChI is InChI=1S/C20H34O3Si/c1-15(2)23-19(22)18(24(6,7)20(3,4)5)17(21)14-13-16-11-9-8-10-12-16/h8-12,15,17-18,21H,13-14H2,1-7H3. The predicted octanol–water partition coefficient (Wildman–Crippen LogP) is 4.81. The topological polar surface area (TPSA) is 46.5 Å². The fourth-order valence-corrected chi connectivity index (χ4v) is 5.55. The predicted molar refractivity (Wildman–Crippen MR) is 103 cm³/mol. The molecule has 2 atom stereocenters. The zero-order valence-corrected chi connectivity index (χ0v) is 17.3. The SMILES string of the molecule is CC(C)OC(=O)C(C(O)CCc1ccccc1)[Si](C)(C)C(C)(C)C. The highest BCUT2D eigenvalue weighted by molar-refractivity contribution is 6.84. The van der Waals surface area contributed by atoms with Gasteiger partial charge in [-0.3, -0.25) is 4.79 Å². The number of carbonyl (C=O) groups is 1. The maximum Gasteiger partial charge on any atom is 0.309 e. The summed E-state index contributed by atoms with van der Waals surface area (Å²) in [6, 6.07) is 10.1. The van der Waals surface area contributed by atoms with Crippen LogP contribution in [-0.4, -0.2) is 31.4 Å². The van der Waals surface area contributed by atoms with E-state index in [9.17, 15) is 9.90 Å². The van der Waals surface area contributed by atoms with Crippen molar-refractivity contribution in [1.82, 2.24) is 0 Å². The van der Waals surface area contributed by atoms with Crippen LogP contribution in [0.4, 0.5) is 0 Å². The van der Waals surface area contributed by atoms with Crippen LogP contribution in [0.2, 0.25) is 23.7 Å². The molecule has 24 heavy (non-hydrogen) atoms. The van der Waals surface area contributed by atoms with Crippen LogP contribution in [0.5, 0.6) is 0 Å². The third kappa shape index (κ3) is 5.45. The number of carbonyl (C=O) groups excluding carboxylic acids is 1. The first-order valence-corrected chi connectivity index (χ1v) is 12.0. The molecule has 1 N–H and O–H groups in total. The number of aryl methyl sites for hydroxylation is 1. The molecule has 4 heteroatoms. The Morgan fingerprint density at radius 1 is 1.17 bits per heavy atom. The van der Waals surface area contributed by atoms with Crippen LogP contribution in [0.3, 0.4) is 0 Å². The van der Waals surface area contributed by atoms with Gasteiger partial charge in [-0.05, 0) is 37.3 Å². The largest absolute Gasteiger partial charge is 0.463 e. The van der Waals surface area contributed by atoms with Crippen LogP contribution < -0.4 is 0 Å². The first kappa shape index (κ1) is 20.9. The summed E-state index contributed by atoms with van der Waals surface area (Å²) >= 11 is 0. The van der Waals surface area contributed by atoms with E-state index in [2.05, 4.69) is 46.0 Å². The average Bonchev–Trinajstić information content (AvgIpc) is 2.44. The lowest BCUT2D eigenvalue weighted by atomic mass is 10.0. The molecule has 0 amide bonds. The third-order valence-corrected chi connectivity index (χ3v) is 11.3. The zero-order chi connectivity index (χ0) is 18.5. The lowest BCUT2D eigenvalue weighted by Crippen LogP contribution is -2.51. The van der Waals surface area contributed by atoms with Crippen molar-refractivity contribution in [3.8, 4) is 0 Å². The average molecular weight is 351 g/mol. The summed E-state index contributed by atoms with van der Waals surface area (Å²) in [6.07, 6.45) is 0.514. The molecule has 1 aromatic carbocycles. The Kier molecular flexibility index (Phi) is 7.23. The molecule has 0 radical (unpaired) electrons. The quantitative estimate of drug-likeness (QED) is 0.567. The van der Waals surface area contributed by atoms with E-state index in [1.807, 2.05) is 32.0 Å². The van der Waals surface area contributed by atoms with Gasteiger partial charge in [0.1, 0.15) is 0 Å². The second-order valence-corrected chi connectivity index (χ2v) is 14.1. The molecule has 1 aromatic rings. The van der Waals surface area contributed by atoms with Gasteiger partial charge in [-0.1, -0.05) is 64.2 Å². The Morgan fingerprint density at radius 3 is 2.17 bits per heavy atom. The van der Waals surface area contributed by atoms with Crippen LogP contribution in [-0.2, 0) is 16.0 Å². The van der Waals surface area contributed by atoms with Crippen LogP contribution in [0.15, 0.2) is 30.3 Å². The molecule has 1 rings (SSSR count). The van der Waals surface area contributed by atoms with Crippen molar-refractivity contribution >= 4 is 14.0 Å². The van der Waals surface area contributed by atoms with Gasteiger partial charge >= 0.3 is 5.97 Å². The Morgan fingerprint density at radius 2 is 1.71 bits per heavy atom. The summed E-state index contributed by atoms with van der Waals surface area (Å²) < 4.78 is 5.50. The highest BCUT2D eigenvalue weighted by atomic mass is 28.3. The number of aliphatic hydroxyl groups is 1. The van der Waals surface area contributed by atoms with Crippen LogP contribution >= 0.6 is 0 Å². The van der Waals surface area contributed by atoms with E-state index < -0.39 is 19.7 Å². The number of hydrogen-bond donors (Lipinski definition) is 1. The van der Waals surface area contributed by atoms with E-state index >= 15 is 0 Å². The molecule has 136 valence electrons. The summed E-state index contributed by atoms with van der Waals surface area (Å²) in [4.78, 5) is 12.8. The van der Waals surface area contributed by atoms with Crippen molar-refractivity contribution < 1.29 is 14.6 Å². The van der Waals surface area contributed by atoms with Crippen LogP contribution in [0, 0.1) is 0 Å². The smallest absolute Gasteiger partial charge is 0.309 e. The number of aliphatic hydroxyl groups excluding tert-OH is 1. The Balaban J connectivity index is 2.97. The van der Waals surface area contributed by atoms with E-state index in [0.717, 1.165) is 6.42 Å². The number of esters is 1. The highest BCUT2D eigenvalue weighted by Gasteiger charge is 2.49. The van der Waals surface area contributed by atoms with E-state index in [4.69, 9.17) is 4.74 Å². The van der Waals surface area contributed by atoms with E-state index in [1.54, 1.807) is 0 Å². The van der Waals surface area contributed by atoms with Gasteiger partial charge in [0.05, 0.1) is 25.8 Å². The monoisotopic (exact) mass is 350 g/mol. The van der Waals surface area contributed by atoms with Gasteiger partial charge in [-0.15, -0.1) is 0 Å². The fraction of sp³-hybridized carbons (Fsp3) is 0.650. The molecule has 0 saturated heterocycles. The minimum atomic E-state index is -2.09. The Labute approximate surface area is 148 Å². The Bertz CT molecular complexity index is 517. The first-order chi connectivity index (χ1) is 11.0. The van der Waals surface area contributed by atoms with Crippen LogP contribution in [0.25, 0.3) is 0 Å². The molecular formula is C20H34O3Si. The second-order valence-electron chi connectivity index (χ2n) is 8.53. The lowest BCUT2D eigenvalue weighted by molar-refractivity contribution is -0.149. The van der Waals surface area contributed by atoms with Crippen molar-refractivity contribution in [2.24, 2.45) is 0 Å². The second kappa shape index (κ2) is 8.30. The van der Waals surface area contributed by atoms with E-state index in [-0.39, 0.29) is 17.1 Å². The van der Waals surface area contributed by atoms with Gasteiger partial charge < -0.3 is 9.84 Å². The molecule has 0 fully saturated rings. The van der Waals surface area contributed by atoms with Crippen LogP contribution in [0.1, 0.15) is 46.6 Å². The summed E-state index contributed by atoms with van der Waals surface area (Å²) in [5.74, 6) is -0.239. The molecule has 0 aliphatic heterocycles. The van der Waals surface area contributed by atoms with Gasteiger partial charge in [0, 0.05) is 0 Å². The molecular weight excluding hydrogens is 316 g/mol. The maximum atomic E-state index is 12.8. The molecule has 0 aliphatic rings. The normalized spacial score (nSPS) is 15.2. The molecule has 3 nitrogen and oxygen atoms in total. The number of rotatable bonds is 7. The number of benzene rings is 1. The summed E-state index contributed by atoms with van der Waals surface area (Å²) in [5, 5.41) is 10.9. The minimum absolute atomic E-state index is 0.00138. The zero-order valence-electron chi connectivity index (χ0n) is 16.3. The van der Waals surface area contributed by atoms with Gasteiger partial charge in [0.15, 0.2) is 0 Å². The highest BCUT2D eigenvalue weighted by Crippen LogP contribution is 2.46. The molecule has 0 spiro atoms. The maximum absolute atomic E-state index is 12.8. The van der Waals surface area contributed by atoms with Crippen molar-refractivity contribution in [2.75, 3.05) is 0 Å². The molecule has 0 aliphatic carbocycles. The van der Waals surface area contributed by atoms with Crippen molar-refractivity contribution in [3.05, 3.63) is 35.9 Å². The molecule has 0 bridgehead atoms. The Hall–Kier alpha value is -1.13. The lowest BCUT2D eigenvalue weighted by Gasteiger charge is -2.44. The summed E-state index contributed by atoms with van der Waals surface area (Å²) in [7, 11) is -2.09. The molecule has 0 saturated carbocycles. The van der Waals surface area contributed by atoms with Crippen molar-refractivity contribution in [2.45, 2.75) is 83.3 Å². The van der Waals surface area contributed by atoms with Gasteiger partial charge in [0.25, 0.3) is 0 Å². The first-order valence-electron chi connectivity index (χ1n) is 8.89. The summed E-state index contributed by atoms with van der Waals surface area (Å²) in [6.45, 7) is 14.6. The fourth-order valence-electron chi connectivity index (χ4n) is 2.83. The van der Waals surface area contributed by atoms with E-state index in [0.29, 0.717) is 6.42 Å². The molecule has 2 unspecified atom stereocenters. The van der Waals surface area contributed by atoms with Crippen molar-refractivity contribution in [3.63, 3.8) is 0 Å². The van der Waals surface area contributed by atoms with Gasteiger partial charge in [-0.2, -0.15) is 0 Å². The summed E-state index contributed by atoms with van der Waals surface area (Å²) in [5.41, 5.74) is 0.770. The van der Waals surface area contributed by atoms with E-state index in [1.165, 1.54) is 5.56 Å². The molecule has 0 aromatic heterocycles. The van der Waals surface area contributed by atoms with Crippen molar-refractivity contribution in [1.29, 1.82) is 0 Å². The minimum Gasteiger partial charge on any atom is -0.463 e. The molecule has 0 heterocycles. The van der Waals surface area contributed by atoms with Gasteiger partial charge in [-0.25, -0.2) is 0 Å². The number of hydrogen-bond acceptors (Lipinski definition) is 3. The van der Waals surface area contributed by atoms with Gasteiger partial charge in [0.2, 0.25) is 0 Å². The number of ether oxygens (including phenoxy) is 1. The third-order valence-electron chi connectivity index (χ3n) is 5.27.